The quantitative estimate of drug-likeness (QED) is 0.617. The normalized spacial score (nSPS) is 17.5. The smallest absolute Gasteiger partial charge is 0.225 e. The first-order valence-corrected chi connectivity index (χ1v) is 11.8. The van der Waals surface area contributed by atoms with Crippen LogP contribution in [0.4, 0.5) is 10.1 Å². The van der Waals surface area contributed by atoms with Gasteiger partial charge in [-0.05, 0) is 44.1 Å². The van der Waals surface area contributed by atoms with E-state index in [2.05, 4.69) is 4.90 Å². The molecule has 1 amide bonds. The zero-order valence-corrected chi connectivity index (χ0v) is 20.3. The van der Waals surface area contributed by atoms with Crippen LogP contribution >= 0.6 is 0 Å². The predicted octanol–water partition coefficient (Wildman–Crippen LogP) is 3.41. The Labute approximate surface area is 201 Å². The fourth-order valence-electron chi connectivity index (χ4n) is 5.00. The molecule has 0 spiro atoms. The predicted molar refractivity (Wildman–Crippen MR) is 129 cm³/mol. The molecule has 4 rings (SSSR count). The monoisotopic (exact) mass is 471 g/mol. The molecule has 0 saturated carbocycles. The minimum Gasteiger partial charge on any atom is -0.493 e. The van der Waals surface area contributed by atoms with Gasteiger partial charge in [0, 0.05) is 44.2 Å². The fourth-order valence-corrected chi connectivity index (χ4v) is 5.00. The largest absolute Gasteiger partial charge is 0.493 e. The molecule has 0 aliphatic carbocycles. The molecule has 0 unspecified atom stereocenters. The van der Waals surface area contributed by atoms with Crippen molar-refractivity contribution in [2.45, 2.75) is 19.4 Å². The number of anilines is 1. The van der Waals surface area contributed by atoms with Crippen molar-refractivity contribution < 1.29 is 23.4 Å². The molecule has 2 aromatic rings. The van der Waals surface area contributed by atoms with Crippen LogP contribution in [0.15, 0.2) is 36.4 Å². The standard InChI is InChI=1S/C26H34FN3O4/c1-32-23-9-8-20(24(33-2)25(23)34-3)18-28-12-10-19(11-13-28)26(31)30-16-14-29(15-17-30)22-7-5-4-6-21(22)27/h4-9,19H,10-18H2,1-3H3. The molecule has 8 heteroatoms. The van der Waals surface area contributed by atoms with Gasteiger partial charge >= 0.3 is 0 Å². The van der Waals surface area contributed by atoms with E-state index >= 15 is 0 Å². The number of para-hydroxylation sites is 1. The molecular formula is C26H34FN3O4. The lowest BCUT2D eigenvalue weighted by molar-refractivity contribution is -0.137. The molecule has 0 aromatic heterocycles. The van der Waals surface area contributed by atoms with E-state index in [4.69, 9.17) is 14.2 Å². The zero-order chi connectivity index (χ0) is 24.1. The second-order valence-electron chi connectivity index (χ2n) is 8.81. The van der Waals surface area contributed by atoms with Crippen LogP contribution in [-0.2, 0) is 11.3 Å². The van der Waals surface area contributed by atoms with Crippen molar-refractivity contribution in [3.63, 3.8) is 0 Å². The number of amides is 1. The Morgan fingerprint density at radius 3 is 2.18 bits per heavy atom. The molecule has 7 nitrogen and oxygen atoms in total. The van der Waals surface area contributed by atoms with Crippen molar-refractivity contribution in [1.29, 1.82) is 0 Å². The fraction of sp³-hybridized carbons (Fsp3) is 0.500. The molecule has 0 bridgehead atoms. The first-order valence-electron chi connectivity index (χ1n) is 11.8. The molecule has 0 atom stereocenters. The summed E-state index contributed by atoms with van der Waals surface area (Å²) in [5.41, 5.74) is 1.66. The summed E-state index contributed by atoms with van der Waals surface area (Å²) >= 11 is 0. The highest BCUT2D eigenvalue weighted by atomic mass is 19.1. The summed E-state index contributed by atoms with van der Waals surface area (Å²) in [4.78, 5) is 19.5. The molecule has 2 aliphatic rings. The van der Waals surface area contributed by atoms with Gasteiger partial charge in [-0.25, -0.2) is 4.39 Å². The molecule has 184 valence electrons. The van der Waals surface area contributed by atoms with E-state index in [0.717, 1.165) is 38.0 Å². The Morgan fingerprint density at radius 1 is 0.882 bits per heavy atom. The maximum Gasteiger partial charge on any atom is 0.225 e. The molecule has 2 aromatic carbocycles. The summed E-state index contributed by atoms with van der Waals surface area (Å²) < 4.78 is 30.6. The number of hydrogen-bond donors (Lipinski definition) is 0. The second-order valence-corrected chi connectivity index (χ2v) is 8.81. The van der Waals surface area contributed by atoms with Crippen molar-refractivity contribution in [3.05, 3.63) is 47.8 Å². The summed E-state index contributed by atoms with van der Waals surface area (Å²) in [6.07, 6.45) is 1.67. The Balaban J connectivity index is 1.30. The SMILES string of the molecule is COc1ccc(CN2CCC(C(=O)N3CCN(c4ccccc4F)CC3)CC2)c(OC)c1OC. The van der Waals surface area contributed by atoms with E-state index < -0.39 is 0 Å². The molecule has 0 radical (unpaired) electrons. The number of piperidine rings is 1. The van der Waals surface area contributed by atoms with Crippen molar-refractivity contribution in [2.24, 2.45) is 5.92 Å². The van der Waals surface area contributed by atoms with Crippen LogP contribution in [0.2, 0.25) is 0 Å². The van der Waals surface area contributed by atoms with Crippen LogP contribution < -0.4 is 19.1 Å². The molecule has 2 heterocycles. The van der Waals surface area contributed by atoms with Crippen LogP contribution in [0.3, 0.4) is 0 Å². The highest BCUT2D eigenvalue weighted by molar-refractivity contribution is 5.79. The van der Waals surface area contributed by atoms with E-state index in [-0.39, 0.29) is 17.6 Å². The first kappa shape index (κ1) is 24.1. The van der Waals surface area contributed by atoms with E-state index in [0.29, 0.717) is 49.1 Å². The minimum atomic E-state index is -0.208. The van der Waals surface area contributed by atoms with Crippen LogP contribution in [0.25, 0.3) is 0 Å². The number of piperazine rings is 1. The number of carbonyl (C=O) groups excluding carboxylic acids is 1. The third-order valence-corrected chi connectivity index (χ3v) is 6.90. The lowest BCUT2D eigenvalue weighted by Crippen LogP contribution is -2.51. The Kier molecular flexibility index (Phi) is 7.77. The summed E-state index contributed by atoms with van der Waals surface area (Å²) in [6, 6.07) is 10.7. The number of benzene rings is 2. The van der Waals surface area contributed by atoms with Gasteiger partial charge in [0.25, 0.3) is 0 Å². The maximum atomic E-state index is 14.1. The van der Waals surface area contributed by atoms with Gasteiger partial charge in [0.1, 0.15) is 5.82 Å². The first-order chi connectivity index (χ1) is 16.5. The Morgan fingerprint density at radius 2 is 1.56 bits per heavy atom. The van der Waals surface area contributed by atoms with Crippen LogP contribution in [0, 0.1) is 11.7 Å². The van der Waals surface area contributed by atoms with Gasteiger partial charge < -0.3 is 24.0 Å². The molecule has 0 N–H and O–H groups in total. The van der Waals surface area contributed by atoms with Crippen LogP contribution in [0.1, 0.15) is 18.4 Å². The highest BCUT2D eigenvalue weighted by Crippen LogP contribution is 2.40. The number of hydrogen-bond acceptors (Lipinski definition) is 6. The lowest BCUT2D eigenvalue weighted by Gasteiger charge is -2.39. The van der Waals surface area contributed by atoms with Crippen molar-refractivity contribution >= 4 is 11.6 Å². The number of ether oxygens (including phenoxy) is 3. The number of halogens is 1. The number of rotatable bonds is 7. The molecule has 2 aliphatic heterocycles. The lowest BCUT2D eigenvalue weighted by atomic mass is 9.94. The molecule has 2 fully saturated rings. The third kappa shape index (κ3) is 5.06. The number of methoxy groups -OCH3 is 3. The van der Waals surface area contributed by atoms with Gasteiger partial charge in [0.05, 0.1) is 27.0 Å². The Bertz CT molecular complexity index is 986. The summed E-state index contributed by atoms with van der Waals surface area (Å²) in [5.74, 6) is 2.00. The number of nitrogens with zero attached hydrogens (tertiary/aromatic N) is 3. The summed E-state index contributed by atoms with van der Waals surface area (Å²) in [5, 5.41) is 0. The molecule has 34 heavy (non-hydrogen) atoms. The van der Waals surface area contributed by atoms with E-state index in [1.807, 2.05) is 28.0 Å². The number of likely N-dealkylation sites (tertiary alicyclic amines) is 1. The van der Waals surface area contributed by atoms with Gasteiger partial charge in [-0.15, -0.1) is 0 Å². The van der Waals surface area contributed by atoms with Gasteiger partial charge in [0.2, 0.25) is 11.7 Å². The average molecular weight is 472 g/mol. The van der Waals surface area contributed by atoms with Gasteiger partial charge in [-0.1, -0.05) is 18.2 Å². The van der Waals surface area contributed by atoms with Crippen LogP contribution in [0.5, 0.6) is 17.2 Å². The van der Waals surface area contributed by atoms with Crippen LogP contribution in [-0.4, -0.2) is 76.3 Å². The van der Waals surface area contributed by atoms with Gasteiger partial charge in [-0.3, -0.25) is 9.69 Å². The summed E-state index contributed by atoms with van der Waals surface area (Å²) in [6.45, 7) is 5.01. The summed E-state index contributed by atoms with van der Waals surface area (Å²) in [7, 11) is 4.85. The topological polar surface area (TPSA) is 54.5 Å². The molecular weight excluding hydrogens is 437 g/mol. The second kappa shape index (κ2) is 11.0. The average Bonchev–Trinajstić information content (AvgIpc) is 2.88. The Hall–Kier alpha value is -3.00. The van der Waals surface area contributed by atoms with Crippen molar-refractivity contribution in [2.75, 3.05) is 65.5 Å². The van der Waals surface area contributed by atoms with Gasteiger partial charge in [0.15, 0.2) is 11.5 Å². The van der Waals surface area contributed by atoms with E-state index in [9.17, 15) is 9.18 Å². The van der Waals surface area contributed by atoms with Crippen molar-refractivity contribution in [1.82, 2.24) is 9.80 Å². The zero-order valence-electron chi connectivity index (χ0n) is 20.3. The maximum absolute atomic E-state index is 14.1. The van der Waals surface area contributed by atoms with Crippen molar-refractivity contribution in [3.8, 4) is 17.2 Å². The number of carbonyl (C=O) groups is 1. The van der Waals surface area contributed by atoms with E-state index in [1.165, 1.54) is 6.07 Å². The highest BCUT2D eigenvalue weighted by Gasteiger charge is 2.31. The third-order valence-electron chi connectivity index (χ3n) is 6.90. The molecule has 2 saturated heterocycles. The van der Waals surface area contributed by atoms with E-state index in [1.54, 1.807) is 33.5 Å². The van der Waals surface area contributed by atoms with Gasteiger partial charge in [-0.2, -0.15) is 0 Å². The minimum absolute atomic E-state index is 0.0450.